The number of hydrogen-bond acceptors (Lipinski definition) is 4. The van der Waals surface area contributed by atoms with Gasteiger partial charge in [-0.3, -0.25) is 4.79 Å². The van der Waals surface area contributed by atoms with E-state index in [1.165, 1.54) is 35.4 Å². The first-order valence-corrected chi connectivity index (χ1v) is 9.45. The molecule has 7 heteroatoms. The van der Waals surface area contributed by atoms with Gasteiger partial charge in [-0.25, -0.2) is 13.6 Å². The number of nitrogens with zero attached hydrogens (tertiary/aromatic N) is 1. The van der Waals surface area contributed by atoms with Crippen LogP contribution in [0.3, 0.4) is 0 Å². The van der Waals surface area contributed by atoms with Crippen LogP contribution < -0.4 is 10.5 Å². The number of nitrogens with one attached hydrogen (secondary N) is 1. The SMILES string of the molecule is Cc1ccc(CN(C)CCC(=O)Nc2ccc(S(N)(=O)=O)cc2)cc1. The van der Waals surface area contributed by atoms with Crippen LogP contribution in [0.15, 0.2) is 53.4 Å². The molecule has 6 nitrogen and oxygen atoms in total. The summed E-state index contributed by atoms with van der Waals surface area (Å²) in [6.45, 7) is 3.44. The van der Waals surface area contributed by atoms with Crippen LogP contribution in [0.4, 0.5) is 5.69 Å². The van der Waals surface area contributed by atoms with Gasteiger partial charge in [0, 0.05) is 25.2 Å². The van der Waals surface area contributed by atoms with Gasteiger partial charge in [0.15, 0.2) is 0 Å². The number of benzene rings is 2. The molecule has 0 unspecified atom stereocenters. The summed E-state index contributed by atoms with van der Waals surface area (Å²) < 4.78 is 22.4. The van der Waals surface area contributed by atoms with Gasteiger partial charge in [0.05, 0.1) is 4.90 Å². The molecule has 2 rings (SSSR count). The molecule has 0 saturated heterocycles. The van der Waals surface area contributed by atoms with Crippen molar-refractivity contribution in [3.8, 4) is 0 Å². The van der Waals surface area contributed by atoms with Crippen LogP contribution in [0.25, 0.3) is 0 Å². The zero-order chi connectivity index (χ0) is 18.4. The second-order valence-corrected chi connectivity index (χ2v) is 7.65. The molecule has 0 saturated carbocycles. The Morgan fingerprint density at radius 3 is 2.24 bits per heavy atom. The van der Waals surface area contributed by atoms with Crippen LogP contribution in [0.1, 0.15) is 17.5 Å². The fraction of sp³-hybridized carbons (Fsp3) is 0.278. The zero-order valence-electron chi connectivity index (χ0n) is 14.4. The summed E-state index contributed by atoms with van der Waals surface area (Å²) in [4.78, 5) is 14.1. The molecule has 0 aliphatic rings. The molecule has 0 aliphatic heterocycles. The first kappa shape index (κ1) is 19.1. The van der Waals surface area contributed by atoms with E-state index >= 15 is 0 Å². The minimum absolute atomic E-state index is 0.0170. The van der Waals surface area contributed by atoms with Crippen molar-refractivity contribution in [2.24, 2.45) is 5.14 Å². The monoisotopic (exact) mass is 361 g/mol. The van der Waals surface area contributed by atoms with E-state index in [1.807, 2.05) is 14.0 Å². The van der Waals surface area contributed by atoms with Gasteiger partial charge < -0.3 is 10.2 Å². The fourth-order valence-electron chi connectivity index (χ4n) is 2.33. The normalized spacial score (nSPS) is 11.5. The molecule has 0 fully saturated rings. The number of anilines is 1. The number of hydrogen-bond donors (Lipinski definition) is 2. The van der Waals surface area contributed by atoms with E-state index in [2.05, 4.69) is 34.5 Å². The number of amides is 1. The number of carbonyl (C=O) groups excluding carboxylic acids is 1. The Bertz CT molecular complexity index is 816. The lowest BCUT2D eigenvalue weighted by molar-refractivity contribution is -0.116. The van der Waals surface area contributed by atoms with Crippen LogP contribution in [0.2, 0.25) is 0 Å². The molecule has 0 aliphatic carbocycles. The van der Waals surface area contributed by atoms with Crippen LogP contribution in [-0.2, 0) is 21.4 Å². The van der Waals surface area contributed by atoms with Crippen molar-refractivity contribution in [3.63, 3.8) is 0 Å². The maximum absolute atomic E-state index is 12.0. The molecular weight excluding hydrogens is 338 g/mol. The van der Waals surface area contributed by atoms with E-state index in [4.69, 9.17) is 5.14 Å². The van der Waals surface area contributed by atoms with Crippen molar-refractivity contribution in [2.45, 2.75) is 24.8 Å². The highest BCUT2D eigenvalue weighted by Crippen LogP contribution is 2.13. The lowest BCUT2D eigenvalue weighted by atomic mass is 10.1. The van der Waals surface area contributed by atoms with Crippen molar-refractivity contribution in [1.82, 2.24) is 4.90 Å². The van der Waals surface area contributed by atoms with Gasteiger partial charge in [-0.05, 0) is 43.8 Å². The van der Waals surface area contributed by atoms with E-state index in [1.54, 1.807) is 0 Å². The summed E-state index contributed by atoms with van der Waals surface area (Å²) in [7, 11) is -1.76. The van der Waals surface area contributed by atoms with Gasteiger partial charge in [0.2, 0.25) is 15.9 Å². The molecule has 0 atom stereocenters. The fourth-order valence-corrected chi connectivity index (χ4v) is 2.84. The number of primary sulfonamides is 1. The number of rotatable bonds is 7. The molecule has 0 bridgehead atoms. The van der Waals surface area contributed by atoms with Crippen molar-refractivity contribution < 1.29 is 13.2 Å². The summed E-state index contributed by atoms with van der Waals surface area (Å²) in [6.07, 6.45) is 0.347. The second-order valence-electron chi connectivity index (χ2n) is 6.09. The van der Waals surface area contributed by atoms with Gasteiger partial charge in [-0.2, -0.15) is 0 Å². The summed E-state index contributed by atoms with van der Waals surface area (Å²) in [5, 5.41) is 7.79. The molecule has 134 valence electrons. The van der Waals surface area contributed by atoms with E-state index in [9.17, 15) is 13.2 Å². The first-order chi connectivity index (χ1) is 11.7. The molecule has 0 spiro atoms. The Hall–Kier alpha value is -2.22. The third kappa shape index (κ3) is 6.30. The number of nitrogens with two attached hydrogens (primary N) is 1. The standard InChI is InChI=1S/C18H23N3O3S/c1-14-3-5-15(6-4-14)13-21(2)12-11-18(22)20-16-7-9-17(10-8-16)25(19,23)24/h3-10H,11-13H2,1-2H3,(H,20,22)(H2,19,23,24). The molecule has 0 radical (unpaired) electrons. The predicted octanol–water partition coefficient (Wildman–Crippen LogP) is 2.10. The minimum Gasteiger partial charge on any atom is -0.326 e. The summed E-state index contributed by atoms with van der Waals surface area (Å²) in [6, 6.07) is 14.1. The Balaban J connectivity index is 1.81. The molecule has 3 N–H and O–H groups in total. The number of carbonyl (C=O) groups is 1. The van der Waals surface area contributed by atoms with Crippen molar-refractivity contribution in [1.29, 1.82) is 0 Å². The number of sulfonamides is 1. The van der Waals surface area contributed by atoms with Gasteiger partial charge in [-0.15, -0.1) is 0 Å². The van der Waals surface area contributed by atoms with Gasteiger partial charge in [0.25, 0.3) is 0 Å². The van der Waals surface area contributed by atoms with E-state index in [-0.39, 0.29) is 10.8 Å². The first-order valence-electron chi connectivity index (χ1n) is 7.91. The average Bonchev–Trinajstić information content (AvgIpc) is 2.55. The molecule has 0 aromatic heterocycles. The predicted molar refractivity (Wildman–Crippen MR) is 98.6 cm³/mol. The number of aryl methyl sites for hydroxylation is 1. The third-order valence-electron chi connectivity index (χ3n) is 3.76. The van der Waals surface area contributed by atoms with Gasteiger partial charge in [0.1, 0.15) is 0 Å². The van der Waals surface area contributed by atoms with Crippen LogP contribution in [0.5, 0.6) is 0 Å². The third-order valence-corrected chi connectivity index (χ3v) is 4.69. The second kappa shape index (κ2) is 8.24. The summed E-state index contributed by atoms with van der Waals surface area (Å²) in [5.74, 6) is -0.126. The van der Waals surface area contributed by atoms with Crippen LogP contribution in [0, 0.1) is 6.92 Å². The molecule has 25 heavy (non-hydrogen) atoms. The Labute approximate surface area is 148 Å². The lowest BCUT2D eigenvalue weighted by Crippen LogP contribution is -2.24. The largest absolute Gasteiger partial charge is 0.326 e. The topological polar surface area (TPSA) is 92.5 Å². The maximum Gasteiger partial charge on any atom is 0.238 e. The molecule has 1 amide bonds. The highest BCUT2D eigenvalue weighted by Gasteiger charge is 2.09. The molecule has 0 heterocycles. The van der Waals surface area contributed by atoms with Crippen molar-refractivity contribution in [2.75, 3.05) is 18.9 Å². The molecular formula is C18H23N3O3S. The maximum atomic E-state index is 12.0. The van der Waals surface area contributed by atoms with Gasteiger partial charge >= 0.3 is 0 Å². The lowest BCUT2D eigenvalue weighted by Gasteiger charge is -2.16. The highest BCUT2D eigenvalue weighted by molar-refractivity contribution is 7.89. The zero-order valence-corrected chi connectivity index (χ0v) is 15.2. The Kier molecular flexibility index (Phi) is 6.30. The molecule has 2 aromatic carbocycles. The summed E-state index contributed by atoms with van der Waals surface area (Å²) >= 11 is 0. The quantitative estimate of drug-likeness (QED) is 0.790. The van der Waals surface area contributed by atoms with E-state index in [0.29, 0.717) is 18.7 Å². The highest BCUT2D eigenvalue weighted by atomic mass is 32.2. The average molecular weight is 361 g/mol. The smallest absolute Gasteiger partial charge is 0.238 e. The van der Waals surface area contributed by atoms with E-state index < -0.39 is 10.0 Å². The van der Waals surface area contributed by atoms with Crippen LogP contribution >= 0.6 is 0 Å². The Morgan fingerprint density at radius 1 is 1.08 bits per heavy atom. The molecule has 2 aromatic rings. The Morgan fingerprint density at radius 2 is 1.68 bits per heavy atom. The van der Waals surface area contributed by atoms with Crippen molar-refractivity contribution in [3.05, 3.63) is 59.7 Å². The minimum atomic E-state index is -3.72. The van der Waals surface area contributed by atoms with Crippen molar-refractivity contribution >= 4 is 21.6 Å². The van der Waals surface area contributed by atoms with E-state index in [0.717, 1.165) is 6.54 Å². The van der Waals surface area contributed by atoms with Gasteiger partial charge in [-0.1, -0.05) is 29.8 Å². The van der Waals surface area contributed by atoms with Crippen LogP contribution in [-0.4, -0.2) is 32.8 Å². The summed E-state index contributed by atoms with van der Waals surface area (Å²) in [5.41, 5.74) is 2.96.